The summed E-state index contributed by atoms with van der Waals surface area (Å²) in [6.45, 7) is 1.60. The lowest BCUT2D eigenvalue weighted by atomic mass is 10.2. The molecule has 0 radical (unpaired) electrons. The first-order valence-corrected chi connectivity index (χ1v) is 6.90. The predicted octanol–water partition coefficient (Wildman–Crippen LogP) is 0.830. The van der Waals surface area contributed by atoms with Gasteiger partial charge in [0.05, 0.1) is 13.7 Å². The van der Waals surface area contributed by atoms with E-state index in [0.29, 0.717) is 12.5 Å². The van der Waals surface area contributed by atoms with Gasteiger partial charge in [0.1, 0.15) is 17.7 Å². The van der Waals surface area contributed by atoms with Gasteiger partial charge < -0.3 is 9.30 Å². The van der Waals surface area contributed by atoms with E-state index in [1.807, 2.05) is 7.05 Å². The van der Waals surface area contributed by atoms with E-state index in [0.717, 1.165) is 31.0 Å². The van der Waals surface area contributed by atoms with Crippen LogP contribution in [0.4, 0.5) is 0 Å². The number of aromatic nitrogens is 3. The van der Waals surface area contributed by atoms with Crippen molar-refractivity contribution >= 4 is 5.97 Å². The number of carbonyl (C=O) groups is 1. The molecule has 3 rings (SSSR count). The van der Waals surface area contributed by atoms with Gasteiger partial charge in [-0.1, -0.05) is 0 Å². The average molecular weight is 264 g/mol. The maximum atomic E-state index is 11.7. The van der Waals surface area contributed by atoms with Crippen LogP contribution >= 0.6 is 0 Å². The van der Waals surface area contributed by atoms with Crippen LogP contribution in [0.15, 0.2) is 0 Å². The van der Waals surface area contributed by atoms with Gasteiger partial charge in [0.2, 0.25) is 0 Å². The lowest BCUT2D eigenvalue weighted by Gasteiger charge is -2.21. The van der Waals surface area contributed by atoms with Crippen LogP contribution in [0.25, 0.3) is 0 Å². The van der Waals surface area contributed by atoms with Crippen LogP contribution in [0.3, 0.4) is 0 Å². The van der Waals surface area contributed by atoms with Crippen molar-refractivity contribution in [2.24, 2.45) is 7.05 Å². The molecule has 0 bridgehead atoms. The Kier molecular flexibility index (Phi) is 3.26. The zero-order valence-corrected chi connectivity index (χ0v) is 11.5. The number of methoxy groups -OCH3 is 1. The monoisotopic (exact) mass is 264 g/mol. The molecule has 0 spiro atoms. The SMILES string of the molecule is COC(=O)[C@H]1CCCN1Cc1nnc(C2CC2)n1C. The Labute approximate surface area is 112 Å². The summed E-state index contributed by atoms with van der Waals surface area (Å²) >= 11 is 0. The highest BCUT2D eigenvalue weighted by Gasteiger charge is 2.34. The highest BCUT2D eigenvalue weighted by atomic mass is 16.5. The third kappa shape index (κ3) is 2.36. The van der Waals surface area contributed by atoms with E-state index in [2.05, 4.69) is 19.7 Å². The molecular formula is C13H20N4O2. The van der Waals surface area contributed by atoms with E-state index in [-0.39, 0.29) is 12.0 Å². The van der Waals surface area contributed by atoms with E-state index in [1.54, 1.807) is 0 Å². The number of nitrogens with zero attached hydrogens (tertiary/aromatic N) is 4. The van der Waals surface area contributed by atoms with Gasteiger partial charge in [0.15, 0.2) is 0 Å². The number of hydrogen-bond acceptors (Lipinski definition) is 5. The zero-order valence-electron chi connectivity index (χ0n) is 11.5. The van der Waals surface area contributed by atoms with Crippen LogP contribution in [-0.2, 0) is 23.1 Å². The molecule has 1 aliphatic carbocycles. The van der Waals surface area contributed by atoms with Crippen molar-refractivity contribution < 1.29 is 9.53 Å². The Balaban J connectivity index is 1.72. The highest BCUT2D eigenvalue weighted by molar-refractivity contribution is 5.75. The molecule has 1 atom stereocenters. The molecule has 2 aliphatic rings. The van der Waals surface area contributed by atoms with E-state index >= 15 is 0 Å². The minimum atomic E-state index is -0.137. The summed E-state index contributed by atoms with van der Waals surface area (Å²) in [6.07, 6.45) is 4.36. The van der Waals surface area contributed by atoms with Crippen LogP contribution in [0.5, 0.6) is 0 Å². The Morgan fingerprint density at radius 3 is 2.84 bits per heavy atom. The molecule has 1 saturated heterocycles. The Morgan fingerprint density at radius 2 is 2.16 bits per heavy atom. The largest absolute Gasteiger partial charge is 0.468 e. The highest BCUT2D eigenvalue weighted by Crippen LogP contribution is 2.38. The van der Waals surface area contributed by atoms with Gasteiger partial charge in [-0.05, 0) is 32.2 Å². The van der Waals surface area contributed by atoms with Crippen LogP contribution < -0.4 is 0 Å². The molecule has 104 valence electrons. The summed E-state index contributed by atoms with van der Waals surface area (Å²) in [5.41, 5.74) is 0. The molecule has 6 nitrogen and oxygen atoms in total. The molecule has 0 amide bonds. The molecule has 19 heavy (non-hydrogen) atoms. The fourth-order valence-corrected chi connectivity index (χ4v) is 2.81. The molecule has 0 unspecified atom stereocenters. The van der Waals surface area contributed by atoms with E-state index in [9.17, 15) is 4.79 Å². The van der Waals surface area contributed by atoms with E-state index in [4.69, 9.17) is 4.74 Å². The maximum absolute atomic E-state index is 11.7. The molecule has 2 fully saturated rings. The second kappa shape index (κ2) is 4.92. The second-order valence-electron chi connectivity index (χ2n) is 5.46. The normalized spacial score (nSPS) is 23.8. The van der Waals surface area contributed by atoms with Gasteiger partial charge in [0, 0.05) is 13.0 Å². The fraction of sp³-hybridized carbons (Fsp3) is 0.769. The minimum Gasteiger partial charge on any atom is -0.468 e. The third-order valence-corrected chi connectivity index (χ3v) is 4.12. The molecule has 0 aromatic carbocycles. The summed E-state index contributed by atoms with van der Waals surface area (Å²) in [7, 11) is 3.47. The van der Waals surface area contributed by atoms with Crippen LogP contribution in [0, 0.1) is 0 Å². The van der Waals surface area contributed by atoms with Gasteiger partial charge in [0.25, 0.3) is 0 Å². The molecule has 6 heteroatoms. The molecule has 1 aromatic rings. The second-order valence-corrected chi connectivity index (χ2v) is 5.46. The summed E-state index contributed by atoms with van der Waals surface area (Å²) in [5, 5.41) is 8.56. The fourth-order valence-electron chi connectivity index (χ4n) is 2.81. The quantitative estimate of drug-likeness (QED) is 0.754. The van der Waals surface area contributed by atoms with Crippen molar-refractivity contribution in [3.8, 4) is 0 Å². The Morgan fingerprint density at radius 1 is 1.37 bits per heavy atom. The van der Waals surface area contributed by atoms with Crippen molar-refractivity contribution in [2.75, 3.05) is 13.7 Å². The van der Waals surface area contributed by atoms with Gasteiger partial charge >= 0.3 is 5.97 Å². The molecular weight excluding hydrogens is 244 g/mol. The first kappa shape index (κ1) is 12.6. The summed E-state index contributed by atoms with van der Waals surface area (Å²) in [5.74, 6) is 2.49. The molecule has 1 aromatic heterocycles. The Bertz CT molecular complexity index is 481. The standard InChI is InChI=1S/C13H20N4O2/c1-16-11(14-15-12(16)9-5-6-9)8-17-7-3-4-10(17)13(18)19-2/h9-10H,3-8H2,1-2H3/t10-/m1/s1. The minimum absolute atomic E-state index is 0.119. The first-order valence-electron chi connectivity index (χ1n) is 6.90. The third-order valence-electron chi connectivity index (χ3n) is 4.12. The van der Waals surface area contributed by atoms with E-state index in [1.165, 1.54) is 20.0 Å². The molecule has 2 heterocycles. The van der Waals surface area contributed by atoms with Gasteiger partial charge in [-0.25, -0.2) is 0 Å². The summed E-state index contributed by atoms with van der Waals surface area (Å²) < 4.78 is 6.95. The molecule has 1 saturated carbocycles. The Hall–Kier alpha value is -1.43. The maximum Gasteiger partial charge on any atom is 0.323 e. The average Bonchev–Trinajstić information content (AvgIpc) is 3.05. The van der Waals surface area contributed by atoms with Crippen molar-refractivity contribution in [1.82, 2.24) is 19.7 Å². The number of hydrogen-bond donors (Lipinski definition) is 0. The van der Waals surface area contributed by atoms with Crippen molar-refractivity contribution in [2.45, 2.75) is 44.2 Å². The van der Waals surface area contributed by atoms with Gasteiger partial charge in [-0.3, -0.25) is 9.69 Å². The predicted molar refractivity (Wildman–Crippen MR) is 68.4 cm³/mol. The molecule has 0 N–H and O–H groups in total. The summed E-state index contributed by atoms with van der Waals surface area (Å²) in [6, 6.07) is -0.119. The lowest BCUT2D eigenvalue weighted by Crippen LogP contribution is -2.37. The molecule has 1 aliphatic heterocycles. The van der Waals surface area contributed by atoms with Gasteiger partial charge in [-0.2, -0.15) is 0 Å². The van der Waals surface area contributed by atoms with E-state index < -0.39 is 0 Å². The number of rotatable bonds is 4. The van der Waals surface area contributed by atoms with Crippen LogP contribution in [0.2, 0.25) is 0 Å². The topological polar surface area (TPSA) is 60.2 Å². The number of likely N-dealkylation sites (tertiary alicyclic amines) is 1. The van der Waals surface area contributed by atoms with Crippen LogP contribution in [-0.4, -0.2) is 45.3 Å². The number of esters is 1. The number of ether oxygens (including phenoxy) is 1. The smallest absolute Gasteiger partial charge is 0.323 e. The number of carbonyl (C=O) groups excluding carboxylic acids is 1. The van der Waals surface area contributed by atoms with Crippen molar-refractivity contribution in [3.05, 3.63) is 11.6 Å². The van der Waals surface area contributed by atoms with Gasteiger partial charge in [-0.15, -0.1) is 10.2 Å². The zero-order chi connectivity index (χ0) is 13.4. The lowest BCUT2D eigenvalue weighted by molar-refractivity contribution is -0.146. The first-order chi connectivity index (χ1) is 9.20. The van der Waals surface area contributed by atoms with Crippen molar-refractivity contribution in [3.63, 3.8) is 0 Å². The van der Waals surface area contributed by atoms with Crippen molar-refractivity contribution in [1.29, 1.82) is 0 Å². The summed E-state index contributed by atoms with van der Waals surface area (Å²) in [4.78, 5) is 13.9. The van der Waals surface area contributed by atoms with Crippen LogP contribution in [0.1, 0.15) is 43.3 Å².